The summed E-state index contributed by atoms with van der Waals surface area (Å²) >= 11 is 3.51. The molecule has 0 aromatic heterocycles. The molecule has 4 nitrogen and oxygen atoms in total. The van der Waals surface area contributed by atoms with Crippen LogP contribution in [0.25, 0.3) is 0 Å². The van der Waals surface area contributed by atoms with Gasteiger partial charge < -0.3 is 15.0 Å². The minimum atomic E-state index is 0.0935. The third-order valence-electron chi connectivity index (χ3n) is 3.95. The summed E-state index contributed by atoms with van der Waals surface area (Å²) in [5.74, 6) is 0.0935. The smallest absolute Gasteiger partial charge is 0.248 e. The minimum Gasteiger partial charge on any atom is -0.375 e. The number of methoxy groups -OCH3 is 1. The lowest BCUT2D eigenvalue weighted by Gasteiger charge is -2.34. The van der Waals surface area contributed by atoms with Crippen molar-refractivity contribution in [2.24, 2.45) is 0 Å². The number of carbonyl (C=O) groups is 1. The lowest BCUT2D eigenvalue weighted by molar-refractivity contribution is -0.136. The fourth-order valence-corrected chi connectivity index (χ4v) is 3.15. The zero-order valence-corrected chi connectivity index (χ0v) is 14.2. The van der Waals surface area contributed by atoms with Gasteiger partial charge in [0.2, 0.25) is 5.91 Å². The van der Waals surface area contributed by atoms with Crippen LogP contribution in [0.5, 0.6) is 0 Å². The van der Waals surface area contributed by atoms with E-state index in [-0.39, 0.29) is 12.5 Å². The Morgan fingerprint density at radius 2 is 2.19 bits per heavy atom. The normalized spacial score (nSPS) is 17.8. The Morgan fingerprint density at radius 3 is 2.81 bits per heavy atom. The van der Waals surface area contributed by atoms with Crippen LogP contribution in [0.2, 0.25) is 0 Å². The van der Waals surface area contributed by atoms with Crippen molar-refractivity contribution in [3.8, 4) is 0 Å². The van der Waals surface area contributed by atoms with E-state index in [0.717, 1.165) is 30.4 Å². The van der Waals surface area contributed by atoms with E-state index in [1.54, 1.807) is 7.11 Å². The number of halogens is 1. The Hall–Kier alpha value is -0.910. The van der Waals surface area contributed by atoms with Gasteiger partial charge >= 0.3 is 0 Å². The van der Waals surface area contributed by atoms with Gasteiger partial charge in [0.15, 0.2) is 0 Å². The van der Waals surface area contributed by atoms with E-state index in [1.807, 2.05) is 11.0 Å². The number of nitrogens with zero attached hydrogens (tertiary/aromatic N) is 1. The van der Waals surface area contributed by atoms with E-state index >= 15 is 0 Å². The molecule has 1 saturated heterocycles. The van der Waals surface area contributed by atoms with Crippen molar-refractivity contribution in [3.63, 3.8) is 0 Å². The first-order valence-corrected chi connectivity index (χ1v) is 8.17. The first kappa shape index (κ1) is 16.5. The largest absolute Gasteiger partial charge is 0.375 e. The summed E-state index contributed by atoms with van der Waals surface area (Å²) in [5, 5.41) is 3.66. The molecule has 1 aliphatic heterocycles. The van der Waals surface area contributed by atoms with Gasteiger partial charge in [0.1, 0.15) is 6.61 Å². The molecule has 5 heteroatoms. The predicted octanol–water partition coefficient (Wildman–Crippen LogP) is 2.74. The van der Waals surface area contributed by atoms with Gasteiger partial charge in [-0.05, 0) is 37.5 Å². The number of amides is 1. The Kier molecular flexibility index (Phi) is 6.21. The van der Waals surface area contributed by atoms with E-state index in [0.29, 0.717) is 12.1 Å². The average molecular weight is 355 g/mol. The number of nitrogens with one attached hydrogen (secondary N) is 1. The summed E-state index contributed by atoms with van der Waals surface area (Å²) in [5.41, 5.74) is 1.28. The van der Waals surface area contributed by atoms with Gasteiger partial charge in [0.25, 0.3) is 0 Å². The van der Waals surface area contributed by atoms with Crippen molar-refractivity contribution in [1.29, 1.82) is 0 Å². The van der Waals surface area contributed by atoms with Crippen molar-refractivity contribution in [1.82, 2.24) is 10.2 Å². The molecular formula is C16H23BrN2O2. The number of likely N-dealkylation sites (tertiary alicyclic amines) is 1. The summed E-state index contributed by atoms with van der Waals surface area (Å²) in [6, 6.07) is 9.16. The second kappa shape index (κ2) is 7.92. The molecule has 1 aliphatic rings. The molecule has 21 heavy (non-hydrogen) atoms. The summed E-state index contributed by atoms with van der Waals surface area (Å²) in [6.07, 6.45) is 1.99. The summed E-state index contributed by atoms with van der Waals surface area (Å²) in [6.45, 7) is 3.99. The van der Waals surface area contributed by atoms with Gasteiger partial charge in [-0.15, -0.1) is 0 Å². The van der Waals surface area contributed by atoms with Crippen molar-refractivity contribution in [2.75, 3.05) is 26.8 Å². The predicted molar refractivity (Wildman–Crippen MR) is 87.2 cm³/mol. The quantitative estimate of drug-likeness (QED) is 0.883. The zero-order valence-electron chi connectivity index (χ0n) is 12.6. The van der Waals surface area contributed by atoms with Crippen molar-refractivity contribution in [3.05, 3.63) is 34.3 Å². The highest BCUT2D eigenvalue weighted by atomic mass is 79.9. The van der Waals surface area contributed by atoms with E-state index in [9.17, 15) is 4.79 Å². The molecule has 1 amide bonds. The minimum absolute atomic E-state index is 0.0935. The van der Waals surface area contributed by atoms with Gasteiger partial charge in [-0.1, -0.05) is 28.1 Å². The highest BCUT2D eigenvalue weighted by Gasteiger charge is 2.23. The number of carbonyl (C=O) groups excluding carboxylic acids is 1. The zero-order chi connectivity index (χ0) is 15.2. The van der Waals surface area contributed by atoms with E-state index in [2.05, 4.69) is 46.4 Å². The van der Waals surface area contributed by atoms with Crippen LogP contribution in [0.15, 0.2) is 28.7 Å². The van der Waals surface area contributed by atoms with E-state index in [1.165, 1.54) is 5.56 Å². The van der Waals surface area contributed by atoms with Crippen LogP contribution in [0.4, 0.5) is 0 Å². The molecule has 0 aliphatic carbocycles. The Morgan fingerprint density at radius 1 is 1.48 bits per heavy atom. The third-order valence-corrected chi connectivity index (χ3v) is 4.44. The highest BCUT2D eigenvalue weighted by molar-refractivity contribution is 9.10. The van der Waals surface area contributed by atoms with Gasteiger partial charge in [-0.25, -0.2) is 0 Å². The third kappa shape index (κ3) is 4.80. The maximum absolute atomic E-state index is 11.8. The van der Waals surface area contributed by atoms with Crippen LogP contribution >= 0.6 is 15.9 Å². The summed E-state index contributed by atoms with van der Waals surface area (Å²) in [7, 11) is 1.56. The van der Waals surface area contributed by atoms with Crippen molar-refractivity contribution >= 4 is 21.8 Å². The van der Waals surface area contributed by atoms with Crippen molar-refractivity contribution in [2.45, 2.75) is 31.8 Å². The molecule has 1 fully saturated rings. The molecule has 1 aromatic carbocycles. The fourth-order valence-electron chi connectivity index (χ4n) is 2.74. The van der Waals surface area contributed by atoms with Crippen LogP contribution in [-0.2, 0) is 9.53 Å². The first-order valence-electron chi connectivity index (χ1n) is 7.38. The highest BCUT2D eigenvalue weighted by Crippen LogP contribution is 2.20. The number of hydrogen-bond donors (Lipinski definition) is 1. The van der Waals surface area contributed by atoms with Crippen molar-refractivity contribution < 1.29 is 9.53 Å². The number of hydrogen-bond acceptors (Lipinski definition) is 3. The Balaban J connectivity index is 1.82. The molecule has 0 spiro atoms. The second-order valence-corrected chi connectivity index (χ2v) is 6.45. The maximum atomic E-state index is 11.8. The molecule has 0 bridgehead atoms. The average Bonchev–Trinajstić information content (AvgIpc) is 2.48. The molecule has 1 atom stereocenters. The Bertz CT molecular complexity index is 473. The van der Waals surface area contributed by atoms with E-state index < -0.39 is 0 Å². The maximum Gasteiger partial charge on any atom is 0.248 e. The first-order chi connectivity index (χ1) is 10.1. The molecular weight excluding hydrogens is 332 g/mol. The van der Waals surface area contributed by atoms with Crippen LogP contribution in [-0.4, -0.2) is 43.7 Å². The lowest BCUT2D eigenvalue weighted by atomic mass is 10.0. The number of benzene rings is 1. The van der Waals surface area contributed by atoms with Crippen LogP contribution < -0.4 is 5.32 Å². The van der Waals surface area contributed by atoms with Crippen LogP contribution in [0, 0.1) is 0 Å². The van der Waals surface area contributed by atoms with Crippen LogP contribution in [0.3, 0.4) is 0 Å². The second-order valence-electron chi connectivity index (χ2n) is 5.53. The van der Waals surface area contributed by atoms with Crippen LogP contribution in [0.1, 0.15) is 31.4 Å². The molecule has 1 aromatic rings. The fraction of sp³-hybridized carbons (Fsp3) is 0.562. The molecule has 0 radical (unpaired) electrons. The molecule has 116 valence electrons. The Labute approximate surface area is 135 Å². The number of piperidine rings is 1. The van der Waals surface area contributed by atoms with Gasteiger partial charge in [0, 0.05) is 36.8 Å². The standard InChI is InChI=1S/C16H23BrN2O2/c1-12(13-4-3-5-14(17)10-13)18-15-6-8-19(9-7-15)16(20)11-21-2/h3-5,10,12,15,18H,6-9,11H2,1-2H3. The molecule has 1 unspecified atom stereocenters. The summed E-state index contributed by atoms with van der Waals surface area (Å²) in [4.78, 5) is 13.7. The molecule has 0 saturated carbocycles. The number of rotatable bonds is 5. The molecule has 1 N–H and O–H groups in total. The summed E-state index contributed by atoms with van der Waals surface area (Å²) < 4.78 is 6.01. The lowest BCUT2D eigenvalue weighted by Crippen LogP contribution is -2.46. The van der Waals surface area contributed by atoms with Gasteiger partial charge in [-0.2, -0.15) is 0 Å². The van der Waals surface area contributed by atoms with E-state index in [4.69, 9.17) is 4.74 Å². The van der Waals surface area contributed by atoms with Gasteiger partial charge in [0.05, 0.1) is 0 Å². The number of ether oxygens (including phenoxy) is 1. The monoisotopic (exact) mass is 354 g/mol. The molecule has 2 rings (SSSR count). The van der Waals surface area contributed by atoms with Gasteiger partial charge in [-0.3, -0.25) is 4.79 Å². The molecule has 1 heterocycles. The SMILES string of the molecule is COCC(=O)N1CCC(NC(C)c2cccc(Br)c2)CC1. The topological polar surface area (TPSA) is 41.6 Å².